The van der Waals surface area contributed by atoms with Gasteiger partial charge in [0.25, 0.3) is 11.7 Å². The SMILES string of the molecule is CCn1nccc1C(=O)N[C@H](c1cn2nc(C[C@H]3C(=O)NC4CC3C4)c(C3CCOCC3)nc2n1)C1CCC(F)(F)CC1. The zero-order valence-corrected chi connectivity index (χ0v) is 24.3. The van der Waals surface area contributed by atoms with Gasteiger partial charge in [-0.3, -0.25) is 14.3 Å². The summed E-state index contributed by atoms with van der Waals surface area (Å²) in [6.45, 7) is 3.70. The van der Waals surface area contributed by atoms with Crippen molar-refractivity contribution in [2.75, 3.05) is 13.2 Å². The van der Waals surface area contributed by atoms with E-state index in [4.69, 9.17) is 19.8 Å². The number of carbonyl (C=O) groups excluding carboxylic acids is 2. The van der Waals surface area contributed by atoms with Crippen molar-refractivity contribution in [1.29, 1.82) is 0 Å². The molecular weight excluding hydrogens is 558 g/mol. The number of fused-ring (bicyclic) bond motifs is 3. The maximum absolute atomic E-state index is 14.1. The Kier molecular flexibility index (Phi) is 7.38. The molecule has 2 amide bonds. The monoisotopic (exact) mass is 596 g/mol. The molecule has 11 nitrogen and oxygen atoms in total. The quantitative estimate of drug-likeness (QED) is 0.407. The van der Waals surface area contributed by atoms with Gasteiger partial charge in [0, 0.05) is 63.1 Å². The normalized spacial score (nSPS) is 26.6. The lowest BCUT2D eigenvalue weighted by Gasteiger charge is -2.46. The van der Waals surface area contributed by atoms with E-state index in [0.717, 1.165) is 37.1 Å². The Morgan fingerprint density at radius 2 is 1.95 bits per heavy atom. The average Bonchev–Trinajstić information content (AvgIpc) is 3.63. The second kappa shape index (κ2) is 11.2. The van der Waals surface area contributed by atoms with Crippen LogP contribution < -0.4 is 10.6 Å². The molecule has 2 N–H and O–H groups in total. The molecule has 3 aliphatic heterocycles. The molecule has 2 bridgehead atoms. The number of halogens is 2. The molecule has 13 heteroatoms. The third-order valence-corrected chi connectivity index (χ3v) is 9.97. The van der Waals surface area contributed by atoms with Crippen LogP contribution in [0.1, 0.15) is 97.8 Å². The molecule has 5 fully saturated rings. The van der Waals surface area contributed by atoms with E-state index in [2.05, 4.69) is 15.7 Å². The lowest BCUT2D eigenvalue weighted by molar-refractivity contribution is -0.135. The van der Waals surface area contributed by atoms with Crippen LogP contribution in [0.15, 0.2) is 18.5 Å². The van der Waals surface area contributed by atoms with Gasteiger partial charge in [-0.2, -0.15) is 10.2 Å². The van der Waals surface area contributed by atoms with Gasteiger partial charge in [-0.25, -0.2) is 23.3 Å². The molecule has 3 saturated heterocycles. The van der Waals surface area contributed by atoms with Gasteiger partial charge < -0.3 is 15.4 Å². The van der Waals surface area contributed by atoms with Crippen LogP contribution >= 0.6 is 0 Å². The number of ether oxygens (including phenoxy) is 1. The Balaban J connectivity index is 1.24. The maximum atomic E-state index is 14.1. The summed E-state index contributed by atoms with van der Waals surface area (Å²) in [5, 5.41) is 15.4. The molecule has 2 aliphatic carbocycles. The lowest BCUT2D eigenvalue weighted by atomic mass is 9.67. The number of alkyl halides is 2. The first-order valence-corrected chi connectivity index (χ1v) is 15.6. The van der Waals surface area contributed by atoms with Gasteiger partial charge >= 0.3 is 0 Å². The molecule has 0 unspecified atom stereocenters. The predicted octanol–water partition coefficient (Wildman–Crippen LogP) is 3.60. The first-order chi connectivity index (χ1) is 20.8. The molecule has 2 atom stereocenters. The van der Waals surface area contributed by atoms with Crippen LogP contribution in [0.3, 0.4) is 0 Å². The number of aryl methyl sites for hydroxylation is 1. The number of rotatable bonds is 8. The Hall–Kier alpha value is -3.48. The molecule has 230 valence electrons. The summed E-state index contributed by atoms with van der Waals surface area (Å²) >= 11 is 0. The Labute approximate surface area is 248 Å². The first-order valence-electron chi connectivity index (χ1n) is 15.6. The van der Waals surface area contributed by atoms with Crippen molar-refractivity contribution in [3.8, 4) is 0 Å². The highest BCUT2D eigenvalue weighted by Gasteiger charge is 2.46. The number of hydrogen-bond acceptors (Lipinski definition) is 7. The minimum Gasteiger partial charge on any atom is -0.381 e. The highest BCUT2D eigenvalue weighted by Crippen LogP contribution is 2.43. The number of piperidine rings is 2. The van der Waals surface area contributed by atoms with Gasteiger partial charge in [0.1, 0.15) is 5.69 Å². The lowest BCUT2D eigenvalue weighted by Crippen LogP contribution is -2.57. The van der Waals surface area contributed by atoms with Gasteiger partial charge in [-0.1, -0.05) is 0 Å². The van der Waals surface area contributed by atoms with Gasteiger partial charge in [-0.15, -0.1) is 0 Å². The number of amides is 2. The fourth-order valence-electron chi connectivity index (χ4n) is 7.40. The highest BCUT2D eigenvalue weighted by atomic mass is 19.3. The fourth-order valence-corrected chi connectivity index (χ4v) is 7.40. The van der Waals surface area contributed by atoms with Gasteiger partial charge in [0.15, 0.2) is 0 Å². The summed E-state index contributed by atoms with van der Waals surface area (Å²) in [6, 6.07) is 1.35. The zero-order valence-electron chi connectivity index (χ0n) is 24.3. The average molecular weight is 597 g/mol. The largest absolute Gasteiger partial charge is 0.381 e. The molecule has 3 aromatic heterocycles. The number of carbonyl (C=O) groups is 2. The summed E-state index contributed by atoms with van der Waals surface area (Å²) in [5.74, 6) is -2.41. The Morgan fingerprint density at radius 1 is 1.19 bits per heavy atom. The molecule has 0 radical (unpaired) electrons. The van der Waals surface area contributed by atoms with E-state index >= 15 is 0 Å². The molecule has 43 heavy (non-hydrogen) atoms. The highest BCUT2D eigenvalue weighted by molar-refractivity contribution is 5.92. The number of aromatic nitrogens is 6. The van der Waals surface area contributed by atoms with Crippen LogP contribution in [0.2, 0.25) is 0 Å². The molecule has 3 aromatic rings. The topological polar surface area (TPSA) is 128 Å². The van der Waals surface area contributed by atoms with E-state index in [-0.39, 0.29) is 55.3 Å². The van der Waals surface area contributed by atoms with E-state index < -0.39 is 12.0 Å². The third-order valence-electron chi connectivity index (χ3n) is 9.97. The van der Waals surface area contributed by atoms with Crippen molar-refractivity contribution in [2.45, 2.75) is 95.2 Å². The fraction of sp³-hybridized carbons (Fsp3) is 0.667. The summed E-state index contributed by atoms with van der Waals surface area (Å²) < 4.78 is 37.1. The van der Waals surface area contributed by atoms with E-state index in [1.807, 2.05) is 6.92 Å². The second-order valence-electron chi connectivity index (χ2n) is 12.7. The molecule has 0 aromatic carbocycles. The van der Waals surface area contributed by atoms with E-state index in [9.17, 15) is 18.4 Å². The summed E-state index contributed by atoms with van der Waals surface area (Å²) in [4.78, 5) is 36.1. The van der Waals surface area contributed by atoms with Gasteiger partial charge in [-0.05, 0) is 63.4 Å². The molecule has 2 saturated carbocycles. The number of imidazole rings is 1. The summed E-state index contributed by atoms with van der Waals surface area (Å²) in [6.07, 6.45) is 7.54. The van der Waals surface area contributed by atoms with Crippen molar-refractivity contribution in [3.05, 3.63) is 41.2 Å². The molecule has 5 aliphatic rings. The van der Waals surface area contributed by atoms with Crippen molar-refractivity contribution >= 4 is 17.6 Å². The third kappa shape index (κ3) is 5.51. The first kappa shape index (κ1) is 28.3. The molecule has 8 rings (SSSR count). The summed E-state index contributed by atoms with van der Waals surface area (Å²) in [7, 11) is 0. The second-order valence-corrected chi connectivity index (χ2v) is 12.7. The minimum absolute atomic E-state index is 0.0850. The van der Waals surface area contributed by atoms with Crippen LogP contribution in [0.25, 0.3) is 5.78 Å². The van der Waals surface area contributed by atoms with Crippen molar-refractivity contribution in [2.24, 2.45) is 17.8 Å². The molecular formula is C30H38F2N8O3. The van der Waals surface area contributed by atoms with E-state index in [1.165, 1.54) is 0 Å². The Morgan fingerprint density at radius 3 is 2.67 bits per heavy atom. The van der Waals surface area contributed by atoms with E-state index in [1.54, 1.807) is 27.7 Å². The Bertz CT molecular complexity index is 1500. The smallest absolute Gasteiger partial charge is 0.270 e. The van der Waals surface area contributed by atoms with Crippen molar-refractivity contribution in [3.63, 3.8) is 0 Å². The standard InChI is InChI=1S/C30H38F2N8O3/c1-2-39-24(5-10-33-39)28(42)36-26(17-3-8-30(31,32)9-4-17)23-16-40-29(35-23)37-25(18-6-11-43-12-7-18)22(38-40)15-21-19-13-20(14-19)34-27(21)41/h5,10,16-21,26H,2-4,6-9,11-15H2,1H3,(H,34,41)(H,36,42)/t19?,20?,21-,26+/m1/s1. The number of nitrogens with zero attached hydrogens (tertiary/aromatic N) is 6. The van der Waals surface area contributed by atoms with Crippen molar-refractivity contribution in [1.82, 2.24) is 40.0 Å². The number of hydrogen-bond donors (Lipinski definition) is 2. The van der Waals surface area contributed by atoms with Crippen LogP contribution in [0.4, 0.5) is 8.78 Å². The van der Waals surface area contributed by atoms with Crippen LogP contribution in [-0.4, -0.2) is 66.4 Å². The number of nitrogens with one attached hydrogen (secondary N) is 2. The minimum atomic E-state index is -2.70. The van der Waals surface area contributed by atoms with Crippen LogP contribution in [-0.2, 0) is 22.5 Å². The maximum Gasteiger partial charge on any atom is 0.270 e. The van der Waals surface area contributed by atoms with Crippen molar-refractivity contribution < 1.29 is 23.1 Å². The predicted molar refractivity (Wildman–Crippen MR) is 150 cm³/mol. The van der Waals surface area contributed by atoms with Crippen LogP contribution in [0, 0.1) is 17.8 Å². The van der Waals surface area contributed by atoms with E-state index in [0.29, 0.717) is 55.3 Å². The molecule has 6 heterocycles. The van der Waals surface area contributed by atoms with Gasteiger partial charge in [0.2, 0.25) is 11.8 Å². The molecule has 0 spiro atoms. The zero-order chi connectivity index (χ0) is 29.7. The van der Waals surface area contributed by atoms with Crippen LogP contribution in [0.5, 0.6) is 0 Å². The summed E-state index contributed by atoms with van der Waals surface area (Å²) in [5.41, 5.74) is 2.59. The van der Waals surface area contributed by atoms with Gasteiger partial charge in [0.05, 0.1) is 29.3 Å².